The Labute approximate surface area is 158 Å². The molecule has 0 saturated carbocycles. The van der Waals surface area contributed by atoms with Gasteiger partial charge in [-0.25, -0.2) is 0 Å². The number of nitrogens with one attached hydrogen (secondary N) is 1. The molecule has 0 bridgehead atoms. The number of hydrogen-bond acceptors (Lipinski definition) is 3. The number of aromatic amines is 1. The van der Waals surface area contributed by atoms with Gasteiger partial charge in [0.05, 0.1) is 0 Å². The molecule has 0 spiro atoms. The van der Waals surface area contributed by atoms with Gasteiger partial charge < -0.3 is 10.1 Å². The van der Waals surface area contributed by atoms with Crippen molar-refractivity contribution in [3.8, 4) is 5.75 Å². The summed E-state index contributed by atoms with van der Waals surface area (Å²) in [5, 5.41) is 10.8. The number of aromatic hydroxyl groups is 1. The summed E-state index contributed by atoms with van der Waals surface area (Å²) < 4.78 is 0. The van der Waals surface area contributed by atoms with E-state index in [9.17, 15) is 5.11 Å². The van der Waals surface area contributed by atoms with Crippen LogP contribution in [0.5, 0.6) is 5.75 Å². The van der Waals surface area contributed by atoms with Crippen molar-refractivity contribution < 1.29 is 5.11 Å². The van der Waals surface area contributed by atoms with Gasteiger partial charge in [-0.05, 0) is 35.3 Å². The molecule has 26 heavy (non-hydrogen) atoms. The van der Waals surface area contributed by atoms with Crippen LogP contribution in [-0.4, -0.2) is 40.4 Å². The quantitative estimate of drug-likeness (QED) is 0.611. The standard InChI is InChI=1S/C22H24N2OS/c25-20-6-7-21-19(15-23-22(21)14-20)16-26-13-12-24-10-8-18(9-11-24)17-4-2-1-3-5-17/h1-8,14-15,23,25H,9-13,16H2. The molecular formula is C22H24N2OS. The van der Waals surface area contributed by atoms with Gasteiger partial charge in [-0.15, -0.1) is 0 Å². The number of hydrogen-bond donors (Lipinski definition) is 2. The molecule has 4 heteroatoms. The van der Waals surface area contributed by atoms with Gasteiger partial charge in [0.2, 0.25) is 0 Å². The van der Waals surface area contributed by atoms with Gasteiger partial charge in [0.1, 0.15) is 5.75 Å². The summed E-state index contributed by atoms with van der Waals surface area (Å²) in [6.45, 7) is 3.33. The van der Waals surface area contributed by atoms with Crippen LogP contribution in [0.2, 0.25) is 0 Å². The smallest absolute Gasteiger partial charge is 0.117 e. The number of thioether (sulfide) groups is 1. The molecule has 0 radical (unpaired) electrons. The highest BCUT2D eigenvalue weighted by molar-refractivity contribution is 7.98. The van der Waals surface area contributed by atoms with Crippen LogP contribution >= 0.6 is 11.8 Å². The average molecular weight is 365 g/mol. The van der Waals surface area contributed by atoms with Gasteiger partial charge in [-0.2, -0.15) is 11.8 Å². The lowest BCUT2D eigenvalue weighted by Crippen LogP contribution is -2.30. The van der Waals surface area contributed by atoms with Crippen LogP contribution in [0.4, 0.5) is 0 Å². The first-order chi connectivity index (χ1) is 12.8. The molecule has 1 aromatic heterocycles. The largest absolute Gasteiger partial charge is 0.508 e. The normalized spacial score (nSPS) is 15.3. The molecular weight excluding hydrogens is 340 g/mol. The van der Waals surface area contributed by atoms with Crippen molar-refractivity contribution >= 4 is 28.2 Å². The number of H-pyrrole nitrogens is 1. The van der Waals surface area contributed by atoms with Crippen LogP contribution in [-0.2, 0) is 5.75 Å². The highest BCUT2D eigenvalue weighted by atomic mass is 32.2. The van der Waals surface area contributed by atoms with Gasteiger partial charge >= 0.3 is 0 Å². The monoisotopic (exact) mass is 364 g/mol. The molecule has 1 aliphatic rings. The zero-order chi connectivity index (χ0) is 17.8. The van der Waals surface area contributed by atoms with Crippen molar-refractivity contribution in [1.29, 1.82) is 0 Å². The second-order valence-electron chi connectivity index (χ2n) is 6.74. The molecule has 0 fully saturated rings. The van der Waals surface area contributed by atoms with Crippen LogP contribution in [0.15, 0.2) is 60.8 Å². The lowest BCUT2D eigenvalue weighted by molar-refractivity contribution is 0.321. The van der Waals surface area contributed by atoms with E-state index in [1.54, 1.807) is 12.1 Å². The SMILES string of the molecule is Oc1ccc2c(CSCCN3CC=C(c4ccccc4)CC3)c[nH]c2c1. The molecule has 2 aromatic carbocycles. The Morgan fingerprint density at radius 2 is 2.00 bits per heavy atom. The van der Waals surface area contributed by atoms with E-state index in [0.717, 1.165) is 43.1 Å². The lowest BCUT2D eigenvalue weighted by atomic mass is 10.00. The average Bonchev–Trinajstić information content (AvgIpc) is 3.08. The number of nitrogens with zero attached hydrogens (tertiary/aromatic N) is 1. The highest BCUT2D eigenvalue weighted by Crippen LogP contribution is 2.26. The summed E-state index contributed by atoms with van der Waals surface area (Å²) in [6.07, 6.45) is 5.59. The van der Waals surface area contributed by atoms with Crippen LogP contribution in [0.3, 0.4) is 0 Å². The molecule has 2 heterocycles. The first kappa shape index (κ1) is 17.3. The van der Waals surface area contributed by atoms with Crippen molar-refractivity contribution in [3.63, 3.8) is 0 Å². The van der Waals surface area contributed by atoms with Crippen molar-refractivity contribution in [2.24, 2.45) is 0 Å². The van der Waals surface area contributed by atoms with Crippen molar-refractivity contribution in [1.82, 2.24) is 9.88 Å². The third kappa shape index (κ3) is 3.97. The second kappa shape index (κ2) is 8.02. The maximum atomic E-state index is 9.55. The minimum Gasteiger partial charge on any atom is -0.508 e. The zero-order valence-electron chi connectivity index (χ0n) is 14.8. The van der Waals surface area contributed by atoms with Crippen LogP contribution < -0.4 is 0 Å². The van der Waals surface area contributed by atoms with E-state index < -0.39 is 0 Å². The van der Waals surface area contributed by atoms with Gasteiger partial charge in [-0.3, -0.25) is 4.90 Å². The van der Waals surface area contributed by atoms with Crippen LogP contribution in [0.1, 0.15) is 17.5 Å². The van der Waals surface area contributed by atoms with E-state index in [2.05, 4.69) is 52.5 Å². The summed E-state index contributed by atoms with van der Waals surface area (Å²) in [5.74, 6) is 2.45. The van der Waals surface area contributed by atoms with E-state index in [4.69, 9.17) is 0 Å². The first-order valence-corrected chi connectivity index (χ1v) is 10.3. The number of fused-ring (bicyclic) bond motifs is 1. The van der Waals surface area contributed by atoms with Gasteiger partial charge in [-0.1, -0.05) is 36.4 Å². The molecule has 0 amide bonds. The summed E-state index contributed by atoms with van der Waals surface area (Å²) in [7, 11) is 0. The number of phenols is 1. The number of aromatic nitrogens is 1. The summed E-state index contributed by atoms with van der Waals surface area (Å²) in [5.41, 5.74) is 5.17. The molecule has 0 saturated heterocycles. The Hall–Kier alpha value is -2.17. The minimum absolute atomic E-state index is 0.312. The van der Waals surface area contributed by atoms with E-state index in [-0.39, 0.29) is 0 Å². The third-order valence-electron chi connectivity index (χ3n) is 5.00. The van der Waals surface area contributed by atoms with E-state index in [0.29, 0.717) is 5.75 Å². The van der Waals surface area contributed by atoms with E-state index >= 15 is 0 Å². The Bertz CT molecular complexity index is 901. The number of benzene rings is 2. The van der Waals surface area contributed by atoms with Gasteiger partial charge in [0, 0.05) is 54.3 Å². The molecule has 134 valence electrons. The maximum absolute atomic E-state index is 9.55. The summed E-state index contributed by atoms with van der Waals surface area (Å²) in [6, 6.07) is 16.3. The predicted molar refractivity (Wildman–Crippen MR) is 112 cm³/mol. The molecule has 0 atom stereocenters. The number of rotatable bonds is 6. The van der Waals surface area contributed by atoms with Crippen LogP contribution in [0.25, 0.3) is 16.5 Å². The fourth-order valence-corrected chi connectivity index (χ4v) is 4.49. The Balaban J connectivity index is 1.25. The molecule has 2 N–H and O–H groups in total. The highest BCUT2D eigenvalue weighted by Gasteiger charge is 2.12. The van der Waals surface area contributed by atoms with Gasteiger partial charge in [0.25, 0.3) is 0 Å². The predicted octanol–water partition coefficient (Wildman–Crippen LogP) is 4.90. The molecule has 4 rings (SSSR count). The van der Waals surface area contributed by atoms with E-state index in [1.165, 1.54) is 22.1 Å². The molecule has 0 aliphatic carbocycles. The van der Waals surface area contributed by atoms with Crippen molar-refractivity contribution in [2.45, 2.75) is 12.2 Å². The summed E-state index contributed by atoms with van der Waals surface area (Å²) in [4.78, 5) is 5.78. The summed E-state index contributed by atoms with van der Waals surface area (Å²) >= 11 is 1.98. The zero-order valence-corrected chi connectivity index (χ0v) is 15.6. The second-order valence-corrected chi connectivity index (χ2v) is 7.85. The van der Waals surface area contributed by atoms with Gasteiger partial charge in [0.15, 0.2) is 0 Å². The molecule has 3 nitrogen and oxygen atoms in total. The molecule has 1 aliphatic heterocycles. The maximum Gasteiger partial charge on any atom is 0.117 e. The first-order valence-electron chi connectivity index (χ1n) is 9.13. The lowest BCUT2D eigenvalue weighted by Gasteiger charge is -2.26. The van der Waals surface area contributed by atoms with E-state index in [1.807, 2.05) is 17.8 Å². The molecule has 3 aromatic rings. The molecule has 0 unspecified atom stereocenters. The fraction of sp³-hybridized carbons (Fsp3) is 0.273. The third-order valence-corrected chi connectivity index (χ3v) is 5.98. The fourth-order valence-electron chi connectivity index (χ4n) is 3.50. The Morgan fingerprint density at radius 1 is 1.12 bits per heavy atom. The Kier molecular flexibility index (Phi) is 5.32. The minimum atomic E-state index is 0.312. The van der Waals surface area contributed by atoms with Crippen LogP contribution in [0, 0.1) is 0 Å². The number of phenolic OH excluding ortho intramolecular Hbond substituents is 1. The van der Waals surface area contributed by atoms with Crippen molar-refractivity contribution in [2.75, 3.05) is 25.4 Å². The topological polar surface area (TPSA) is 39.3 Å². The van der Waals surface area contributed by atoms with Crippen molar-refractivity contribution in [3.05, 3.63) is 71.9 Å². The Morgan fingerprint density at radius 3 is 2.81 bits per heavy atom.